The van der Waals surface area contributed by atoms with Gasteiger partial charge in [0.1, 0.15) is 11.9 Å². The van der Waals surface area contributed by atoms with Crippen LogP contribution in [-0.2, 0) is 4.74 Å². The molecule has 0 spiro atoms. The normalized spacial score (nSPS) is 25.5. The molecule has 158 valence electrons. The number of esters is 1. The number of methoxy groups -OCH3 is 1. The van der Waals surface area contributed by atoms with Crippen molar-refractivity contribution in [2.24, 2.45) is 11.8 Å². The highest BCUT2D eigenvalue weighted by atomic mass is 16.5. The molecule has 1 aliphatic carbocycles. The molecule has 6 nitrogen and oxygen atoms in total. The highest BCUT2D eigenvalue weighted by molar-refractivity contribution is 5.94. The minimum atomic E-state index is -0.609. The number of aliphatic hydroxyl groups excluding tert-OH is 1. The van der Waals surface area contributed by atoms with Gasteiger partial charge in [0, 0.05) is 18.7 Å². The van der Waals surface area contributed by atoms with Gasteiger partial charge in [0.25, 0.3) is 5.91 Å². The molecule has 4 rings (SSSR count). The van der Waals surface area contributed by atoms with Crippen molar-refractivity contribution >= 4 is 11.9 Å². The second-order valence-electron chi connectivity index (χ2n) is 8.31. The summed E-state index contributed by atoms with van der Waals surface area (Å²) < 4.78 is 10.8. The molecule has 0 aromatic heterocycles. The Morgan fingerprint density at radius 1 is 1.00 bits per heavy atom. The first kappa shape index (κ1) is 20.4. The molecule has 0 bridgehead atoms. The fraction of sp³-hybridized carbons (Fsp3) is 0.417. The lowest BCUT2D eigenvalue weighted by molar-refractivity contribution is -0.0231. The number of fused-ring (bicyclic) bond motifs is 1. The van der Waals surface area contributed by atoms with Crippen LogP contribution in [0.3, 0.4) is 0 Å². The molecule has 1 heterocycles. The predicted molar refractivity (Wildman–Crippen MR) is 112 cm³/mol. The second kappa shape index (κ2) is 8.48. The zero-order valence-corrected chi connectivity index (χ0v) is 17.3. The molecule has 30 heavy (non-hydrogen) atoms. The van der Waals surface area contributed by atoms with Crippen molar-refractivity contribution in [3.63, 3.8) is 0 Å². The van der Waals surface area contributed by atoms with Crippen LogP contribution in [0.2, 0.25) is 0 Å². The Morgan fingerprint density at radius 3 is 2.43 bits per heavy atom. The summed E-state index contributed by atoms with van der Waals surface area (Å²) in [5, 5.41) is 10.7. The summed E-state index contributed by atoms with van der Waals surface area (Å²) in [4.78, 5) is 26.6. The molecule has 0 unspecified atom stereocenters. The summed E-state index contributed by atoms with van der Waals surface area (Å²) in [5.74, 6) is 0.716. The number of rotatable bonds is 4. The molecule has 4 atom stereocenters. The van der Waals surface area contributed by atoms with Crippen molar-refractivity contribution in [2.45, 2.75) is 32.0 Å². The van der Waals surface area contributed by atoms with Gasteiger partial charge in [0.15, 0.2) is 0 Å². The minimum absolute atomic E-state index is 0.0471. The third kappa shape index (κ3) is 4.19. The largest absolute Gasteiger partial charge is 0.488 e. The van der Waals surface area contributed by atoms with E-state index in [2.05, 4.69) is 0 Å². The topological polar surface area (TPSA) is 76.1 Å². The first-order valence-corrected chi connectivity index (χ1v) is 10.3. The number of hydrogen-bond acceptors (Lipinski definition) is 5. The van der Waals surface area contributed by atoms with Gasteiger partial charge in [-0.25, -0.2) is 4.79 Å². The van der Waals surface area contributed by atoms with Crippen LogP contribution in [0, 0.1) is 18.8 Å². The summed E-state index contributed by atoms with van der Waals surface area (Å²) in [7, 11) is 1.34. The maximum Gasteiger partial charge on any atom is 0.337 e. The predicted octanol–water partition coefficient (Wildman–Crippen LogP) is 3.07. The van der Waals surface area contributed by atoms with E-state index in [1.165, 1.54) is 7.11 Å². The summed E-state index contributed by atoms with van der Waals surface area (Å²) in [6, 6.07) is 14.5. The van der Waals surface area contributed by atoms with Crippen LogP contribution in [0.4, 0.5) is 0 Å². The van der Waals surface area contributed by atoms with E-state index in [4.69, 9.17) is 9.47 Å². The Bertz CT molecular complexity index is 943. The van der Waals surface area contributed by atoms with Gasteiger partial charge < -0.3 is 19.5 Å². The first-order valence-electron chi connectivity index (χ1n) is 10.3. The summed E-state index contributed by atoms with van der Waals surface area (Å²) >= 11 is 0. The summed E-state index contributed by atoms with van der Waals surface area (Å²) in [5.41, 5.74) is 2.19. The molecule has 2 aromatic rings. The van der Waals surface area contributed by atoms with Gasteiger partial charge in [-0.3, -0.25) is 4.79 Å². The molecular formula is C24H27NO5. The fourth-order valence-electron chi connectivity index (χ4n) is 4.63. The fourth-order valence-corrected chi connectivity index (χ4v) is 4.63. The van der Waals surface area contributed by atoms with Crippen LogP contribution in [0.25, 0.3) is 0 Å². The van der Waals surface area contributed by atoms with Crippen molar-refractivity contribution < 1.29 is 24.2 Å². The SMILES string of the molecule is COC(=O)c1cccc(O[C@@H]2C[C@@H]3CN(C(=O)c4cccc(C)c4)C[C@@H]3C[C@H]2O)c1. The molecule has 2 fully saturated rings. The van der Waals surface area contributed by atoms with Gasteiger partial charge in [0.2, 0.25) is 0 Å². The van der Waals surface area contributed by atoms with Crippen LogP contribution in [0.5, 0.6) is 5.75 Å². The molecule has 1 amide bonds. The Balaban J connectivity index is 1.42. The highest BCUT2D eigenvalue weighted by Gasteiger charge is 2.44. The monoisotopic (exact) mass is 409 g/mol. The summed E-state index contributed by atoms with van der Waals surface area (Å²) in [6.45, 7) is 3.32. The molecule has 1 aliphatic heterocycles. The standard InChI is InChI=1S/C24H27NO5/c1-15-5-3-6-16(9-15)23(27)25-13-18-11-21(26)22(12-19(18)14-25)30-20-8-4-7-17(10-20)24(28)29-2/h3-10,18-19,21-22,26H,11-14H2,1-2H3/t18-,19+,21+,22+/m0/s1. The molecule has 2 aliphatic rings. The maximum absolute atomic E-state index is 12.9. The van der Waals surface area contributed by atoms with E-state index in [-0.39, 0.29) is 23.8 Å². The number of benzene rings is 2. The van der Waals surface area contributed by atoms with Crippen LogP contribution in [0.15, 0.2) is 48.5 Å². The van der Waals surface area contributed by atoms with Gasteiger partial charge >= 0.3 is 5.97 Å². The van der Waals surface area contributed by atoms with Crippen LogP contribution >= 0.6 is 0 Å². The van der Waals surface area contributed by atoms with E-state index in [0.717, 1.165) is 5.56 Å². The second-order valence-corrected chi connectivity index (χ2v) is 8.31. The van der Waals surface area contributed by atoms with E-state index in [9.17, 15) is 14.7 Å². The molecule has 6 heteroatoms. The van der Waals surface area contributed by atoms with E-state index in [1.54, 1.807) is 24.3 Å². The van der Waals surface area contributed by atoms with Crippen molar-refractivity contribution in [2.75, 3.05) is 20.2 Å². The number of amides is 1. The zero-order chi connectivity index (χ0) is 21.3. The van der Waals surface area contributed by atoms with Crippen molar-refractivity contribution in [1.82, 2.24) is 4.90 Å². The lowest BCUT2D eigenvalue weighted by Gasteiger charge is -2.35. The van der Waals surface area contributed by atoms with Crippen LogP contribution < -0.4 is 4.74 Å². The average molecular weight is 409 g/mol. The molecule has 0 radical (unpaired) electrons. The maximum atomic E-state index is 12.9. The number of ether oxygens (including phenoxy) is 2. The van der Waals surface area contributed by atoms with Gasteiger partial charge in [-0.2, -0.15) is 0 Å². The van der Waals surface area contributed by atoms with Gasteiger partial charge in [0.05, 0.1) is 18.8 Å². The third-order valence-electron chi connectivity index (χ3n) is 6.18. The van der Waals surface area contributed by atoms with Crippen molar-refractivity contribution in [1.29, 1.82) is 0 Å². The minimum Gasteiger partial charge on any atom is -0.488 e. The van der Waals surface area contributed by atoms with Crippen molar-refractivity contribution in [3.8, 4) is 5.75 Å². The zero-order valence-electron chi connectivity index (χ0n) is 17.3. The molecule has 1 saturated heterocycles. The van der Waals surface area contributed by atoms with E-state index in [0.29, 0.717) is 42.8 Å². The number of carbonyl (C=O) groups is 2. The van der Waals surface area contributed by atoms with E-state index >= 15 is 0 Å². The van der Waals surface area contributed by atoms with E-state index in [1.807, 2.05) is 36.1 Å². The number of aliphatic hydroxyl groups is 1. The molecular weight excluding hydrogens is 382 g/mol. The number of carbonyl (C=O) groups excluding carboxylic acids is 2. The highest BCUT2D eigenvalue weighted by Crippen LogP contribution is 2.38. The summed E-state index contributed by atoms with van der Waals surface area (Å²) in [6.07, 6.45) is 0.297. The van der Waals surface area contributed by atoms with Gasteiger partial charge in [-0.15, -0.1) is 0 Å². The average Bonchev–Trinajstić information content (AvgIpc) is 3.15. The van der Waals surface area contributed by atoms with Gasteiger partial charge in [-0.1, -0.05) is 23.8 Å². The number of likely N-dealkylation sites (tertiary alicyclic amines) is 1. The molecule has 1 N–H and O–H groups in total. The third-order valence-corrected chi connectivity index (χ3v) is 6.18. The first-order chi connectivity index (χ1) is 14.4. The number of hydrogen-bond donors (Lipinski definition) is 1. The van der Waals surface area contributed by atoms with E-state index < -0.39 is 12.1 Å². The lowest BCUT2D eigenvalue weighted by Crippen LogP contribution is -2.42. The smallest absolute Gasteiger partial charge is 0.337 e. The van der Waals surface area contributed by atoms with Crippen LogP contribution in [0.1, 0.15) is 39.1 Å². The Morgan fingerprint density at radius 2 is 1.70 bits per heavy atom. The number of nitrogens with zero attached hydrogens (tertiary/aromatic N) is 1. The Hall–Kier alpha value is -2.86. The quantitative estimate of drug-likeness (QED) is 0.786. The van der Waals surface area contributed by atoms with Crippen molar-refractivity contribution in [3.05, 3.63) is 65.2 Å². The van der Waals surface area contributed by atoms with Gasteiger partial charge in [-0.05, 0) is 61.9 Å². The Labute approximate surface area is 176 Å². The lowest BCUT2D eigenvalue weighted by atomic mass is 9.78. The van der Waals surface area contributed by atoms with Crippen LogP contribution in [-0.4, -0.2) is 54.3 Å². The molecule has 1 saturated carbocycles. The Kier molecular flexibility index (Phi) is 5.77. The molecule has 2 aromatic carbocycles. The number of aryl methyl sites for hydroxylation is 1.